The highest BCUT2D eigenvalue weighted by atomic mass is 19.4. The average molecular weight is 295 g/mol. The van der Waals surface area contributed by atoms with Crippen molar-refractivity contribution in [2.24, 2.45) is 5.92 Å². The minimum atomic E-state index is -4.31. The van der Waals surface area contributed by atoms with Crippen molar-refractivity contribution in [2.75, 3.05) is 0 Å². The molecule has 1 N–H and O–H groups in total. The zero-order valence-corrected chi connectivity index (χ0v) is 12.1. The van der Waals surface area contributed by atoms with Gasteiger partial charge in [0.05, 0.1) is 11.1 Å². The molecule has 2 aromatic rings. The van der Waals surface area contributed by atoms with Gasteiger partial charge in [0, 0.05) is 11.6 Å². The molecule has 0 amide bonds. The van der Waals surface area contributed by atoms with Crippen LogP contribution in [0.3, 0.4) is 0 Å². The summed E-state index contributed by atoms with van der Waals surface area (Å²) >= 11 is 0. The van der Waals surface area contributed by atoms with Crippen LogP contribution >= 0.6 is 0 Å². The number of alkyl halides is 3. The molecule has 1 unspecified atom stereocenters. The van der Waals surface area contributed by atoms with Crippen molar-refractivity contribution in [1.29, 1.82) is 0 Å². The summed E-state index contributed by atoms with van der Waals surface area (Å²) in [6, 6.07) is 4.46. The zero-order valence-electron chi connectivity index (χ0n) is 12.1. The van der Waals surface area contributed by atoms with Crippen molar-refractivity contribution in [1.82, 2.24) is 4.98 Å². The number of aromatic nitrogens is 1. The summed E-state index contributed by atoms with van der Waals surface area (Å²) in [5, 5.41) is 0.725. The predicted octanol–water partition coefficient (Wildman–Crippen LogP) is 5.87. The molecule has 21 heavy (non-hydrogen) atoms. The molecule has 0 bridgehead atoms. The summed E-state index contributed by atoms with van der Waals surface area (Å²) in [5.41, 5.74) is 0.688. The van der Waals surface area contributed by atoms with Gasteiger partial charge in [0.1, 0.15) is 0 Å². The molecule has 0 spiro atoms. The fourth-order valence-electron chi connectivity index (χ4n) is 3.68. The number of hydrogen-bond acceptors (Lipinski definition) is 0. The maximum absolute atomic E-state index is 13.1. The number of nitrogens with one attached hydrogen (secondary N) is 1. The van der Waals surface area contributed by atoms with Crippen LogP contribution in [0.15, 0.2) is 24.4 Å². The molecule has 1 aromatic heterocycles. The molecular weight excluding hydrogens is 275 g/mol. The number of benzene rings is 1. The maximum Gasteiger partial charge on any atom is 0.418 e. The van der Waals surface area contributed by atoms with Gasteiger partial charge in [0.15, 0.2) is 0 Å². The Balaban J connectivity index is 2.00. The molecule has 1 fully saturated rings. The molecule has 3 rings (SSSR count). The first-order valence-electron chi connectivity index (χ1n) is 7.65. The lowest BCUT2D eigenvalue weighted by molar-refractivity contribution is -0.136. The normalized spacial score (nSPS) is 19.0. The molecule has 1 heterocycles. The fraction of sp³-hybridized carbons (Fsp3) is 0.529. The summed E-state index contributed by atoms with van der Waals surface area (Å²) in [5.74, 6) is 0.898. The van der Waals surface area contributed by atoms with Crippen LogP contribution < -0.4 is 0 Å². The van der Waals surface area contributed by atoms with E-state index in [2.05, 4.69) is 11.9 Å². The van der Waals surface area contributed by atoms with Gasteiger partial charge in [-0.3, -0.25) is 0 Å². The highest BCUT2D eigenvalue weighted by Crippen LogP contribution is 2.41. The lowest BCUT2D eigenvalue weighted by atomic mass is 9.78. The SMILES string of the molecule is CC(c1c[nH]c2c(C(F)(F)F)cccc12)C1CCCCC1. The van der Waals surface area contributed by atoms with Crippen LogP contribution in [-0.4, -0.2) is 4.98 Å². The molecule has 0 radical (unpaired) electrons. The molecule has 1 atom stereocenters. The van der Waals surface area contributed by atoms with Gasteiger partial charge in [-0.1, -0.05) is 38.3 Å². The van der Waals surface area contributed by atoms with Crippen LogP contribution in [0.4, 0.5) is 13.2 Å². The summed E-state index contributed by atoms with van der Waals surface area (Å²) in [6.07, 6.45) is 3.61. The number of halogens is 3. The summed E-state index contributed by atoms with van der Waals surface area (Å²) < 4.78 is 39.2. The first kappa shape index (κ1) is 14.5. The van der Waals surface area contributed by atoms with E-state index in [1.165, 1.54) is 38.2 Å². The standard InChI is InChI=1S/C17H20F3N/c1-11(12-6-3-2-4-7-12)14-10-21-16-13(14)8-5-9-15(16)17(18,19)20/h5,8-12,21H,2-4,6-7H2,1H3. The number of H-pyrrole nitrogens is 1. The molecule has 1 aromatic carbocycles. The summed E-state index contributed by atoms with van der Waals surface area (Å²) in [6.45, 7) is 2.15. The van der Waals surface area contributed by atoms with Crippen molar-refractivity contribution >= 4 is 10.9 Å². The van der Waals surface area contributed by atoms with E-state index in [0.29, 0.717) is 11.8 Å². The van der Waals surface area contributed by atoms with Crippen LogP contribution in [-0.2, 0) is 6.18 Å². The molecular formula is C17H20F3N. The van der Waals surface area contributed by atoms with Gasteiger partial charge in [-0.2, -0.15) is 13.2 Å². The van der Waals surface area contributed by atoms with Gasteiger partial charge in [-0.25, -0.2) is 0 Å². The van der Waals surface area contributed by atoms with Crippen LogP contribution in [0, 0.1) is 5.92 Å². The fourth-order valence-corrected chi connectivity index (χ4v) is 3.68. The van der Waals surface area contributed by atoms with E-state index in [1.54, 1.807) is 12.3 Å². The molecule has 1 aliphatic rings. The van der Waals surface area contributed by atoms with E-state index in [-0.39, 0.29) is 5.52 Å². The molecule has 1 aliphatic carbocycles. The van der Waals surface area contributed by atoms with Crippen LogP contribution in [0.2, 0.25) is 0 Å². The molecule has 4 heteroatoms. The summed E-state index contributed by atoms with van der Waals surface area (Å²) in [4.78, 5) is 2.86. The third kappa shape index (κ3) is 2.68. The molecule has 0 aliphatic heterocycles. The minimum absolute atomic E-state index is 0.225. The van der Waals surface area contributed by atoms with Crippen molar-refractivity contribution in [3.05, 3.63) is 35.5 Å². The van der Waals surface area contributed by atoms with Crippen LogP contribution in [0.5, 0.6) is 0 Å². The zero-order chi connectivity index (χ0) is 15.0. The Hall–Kier alpha value is -1.45. The third-order valence-electron chi connectivity index (χ3n) is 4.90. The predicted molar refractivity (Wildman–Crippen MR) is 78.3 cm³/mol. The lowest BCUT2D eigenvalue weighted by Crippen LogP contribution is -2.13. The second kappa shape index (κ2) is 5.39. The van der Waals surface area contributed by atoms with E-state index in [9.17, 15) is 13.2 Å². The Morgan fingerprint density at radius 3 is 2.52 bits per heavy atom. The lowest BCUT2D eigenvalue weighted by Gasteiger charge is -2.27. The van der Waals surface area contributed by atoms with Crippen molar-refractivity contribution < 1.29 is 13.2 Å². The highest BCUT2D eigenvalue weighted by molar-refractivity contribution is 5.87. The highest BCUT2D eigenvalue weighted by Gasteiger charge is 2.34. The van der Waals surface area contributed by atoms with Gasteiger partial charge in [-0.05, 0) is 36.3 Å². The molecule has 1 nitrogen and oxygen atoms in total. The smallest absolute Gasteiger partial charge is 0.360 e. The number of aromatic amines is 1. The number of rotatable bonds is 2. The molecule has 114 valence electrons. The van der Waals surface area contributed by atoms with Gasteiger partial charge in [0.25, 0.3) is 0 Å². The van der Waals surface area contributed by atoms with Gasteiger partial charge in [-0.15, -0.1) is 0 Å². The van der Waals surface area contributed by atoms with E-state index < -0.39 is 11.7 Å². The topological polar surface area (TPSA) is 15.8 Å². The Labute approximate surface area is 122 Å². The van der Waals surface area contributed by atoms with Crippen LogP contribution in [0.1, 0.15) is 56.1 Å². The van der Waals surface area contributed by atoms with Crippen molar-refractivity contribution in [3.8, 4) is 0 Å². The average Bonchev–Trinajstić information content (AvgIpc) is 2.90. The van der Waals surface area contributed by atoms with Crippen molar-refractivity contribution in [3.63, 3.8) is 0 Å². The molecule has 0 saturated heterocycles. The quantitative estimate of drug-likeness (QED) is 0.713. The maximum atomic E-state index is 13.1. The van der Waals surface area contributed by atoms with Crippen molar-refractivity contribution in [2.45, 2.75) is 51.1 Å². The Morgan fingerprint density at radius 2 is 1.86 bits per heavy atom. The van der Waals surface area contributed by atoms with E-state index in [0.717, 1.165) is 17.0 Å². The number of fused-ring (bicyclic) bond motifs is 1. The Bertz CT molecular complexity index is 620. The first-order valence-corrected chi connectivity index (χ1v) is 7.65. The summed E-state index contributed by atoms with van der Waals surface area (Å²) in [7, 11) is 0. The largest absolute Gasteiger partial charge is 0.418 e. The monoisotopic (exact) mass is 295 g/mol. The minimum Gasteiger partial charge on any atom is -0.360 e. The molecule has 1 saturated carbocycles. The Kier molecular flexibility index (Phi) is 3.72. The number of para-hydroxylation sites is 1. The van der Waals surface area contributed by atoms with E-state index in [1.807, 2.05) is 0 Å². The second-order valence-corrected chi connectivity index (χ2v) is 6.16. The third-order valence-corrected chi connectivity index (χ3v) is 4.90. The second-order valence-electron chi connectivity index (χ2n) is 6.16. The van der Waals surface area contributed by atoms with Gasteiger partial charge >= 0.3 is 6.18 Å². The van der Waals surface area contributed by atoms with E-state index >= 15 is 0 Å². The van der Waals surface area contributed by atoms with Crippen LogP contribution in [0.25, 0.3) is 10.9 Å². The van der Waals surface area contributed by atoms with Gasteiger partial charge < -0.3 is 4.98 Å². The number of hydrogen-bond donors (Lipinski definition) is 1. The first-order chi connectivity index (χ1) is 9.98. The Morgan fingerprint density at radius 1 is 1.14 bits per heavy atom. The van der Waals surface area contributed by atoms with Gasteiger partial charge in [0.2, 0.25) is 0 Å². The van der Waals surface area contributed by atoms with E-state index in [4.69, 9.17) is 0 Å².